The normalized spacial score (nSPS) is 19.0. The van der Waals surface area contributed by atoms with Gasteiger partial charge in [-0.2, -0.15) is 0 Å². The Morgan fingerprint density at radius 2 is 1.83 bits per heavy atom. The van der Waals surface area contributed by atoms with Crippen molar-refractivity contribution in [2.24, 2.45) is 0 Å². The molecule has 1 heterocycles. The van der Waals surface area contributed by atoms with E-state index in [1.807, 2.05) is 19.1 Å². The average Bonchev–Trinajstić information content (AvgIpc) is 3.16. The molecular weight excluding hydrogens is 330 g/mol. The van der Waals surface area contributed by atoms with E-state index in [0.29, 0.717) is 0 Å². The van der Waals surface area contributed by atoms with Crippen LogP contribution >= 0.6 is 0 Å². The van der Waals surface area contributed by atoms with Crippen molar-refractivity contribution in [3.05, 3.63) is 66.3 Å². The summed E-state index contributed by atoms with van der Waals surface area (Å²) in [6, 6.07) is 9.04. The number of fused-ring (bicyclic) bond motifs is 1. The van der Waals surface area contributed by atoms with E-state index >= 15 is 0 Å². The second kappa shape index (κ2) is 10.1. The van der Waals surface area contributed by atoms with Gasteiger partial charge in [-0.05, 0) is 30.9 Å². The van der Waals surface area contributed by atoms with Crippen LogP contribution in [0.25, 0.3) is 5.70 Å². The molecular formula is C20H29NSiTi+2. The van der Waals surface area contributed by atoms with Crippen molar-refractivity contribution < 1.29 is 21.7 Å². The standard InChI is InChI=1S/C15H21NSi.C5H8.Ti/c1-17(2)15-11-14(16-9-5-6-10-16)12-7-3-4-8-13(12)15;1-3-5-4-2;/h3-4,7-8,11,15,17H,5-6,9-10H2,1-2H3;3-5H,1H2,2H3;/q;;+2. The van der Waals surface area contributed by atoms with Crippen molar-refractivity contribution >= 4 is 14.5 Å². The molecule has 1 nitrogen and oxygen atoms in total. The zero-order valence-corrected chi connectivity index (χ0v) is 17.5. The molecule has 120 valence electrons. The second-order valence-electron chi connectivity index (χ2n) is 6.36. The summed E-state index contributed by atoms with van der Waals surface area (Å²) in [6.07, 6.45) is 10.9. The zero-order chi connectivity index (χ0) is 15.9. The molecule has 1 aromatic carbocycles. The number of likely N-dealkylation sites (tertiary alicyclic amines) is 1. The summed E-state index contributed by atoms with van der Waals surface area (Å²) in [5, 5.41) is 0. The first-order valence-corrected chi connectivity index (χ1v) is 11.5. The molecule has 0 saturated carbocycles. The van der Waals surface area contributed by atoms with E-state index in [2.05, 4.69) is 54.9 Å². The quantitative estimate of drug-likeness (QED) is 0.543. The molecule has 3 rings (SSSR count). The predicted molar refractivity (Wildman–Crippen MR) is 102 cm³/mol. The maximum atomic E-state index is 3.46. The van der Waals surface area contributed by atoms with E-state index in [0.717, 1.165) is 5.54 Å². The Labute approximate surface area is 158 Å². The second-order valence-corrected chi connectivity index (χ2v) is 9.57. The summed E-state index contributed by atoms with van der Waals surface area (Å²) < 4.78 is 0. The van der Waals surface area contributed by atoms with Crippen LogP contribution in [0, 0.1) is 0 Å². The monoisotopic (exact) mass is 359 g/mol. The molecule has 0 aromatic heterocycles. The molecule has 23 heavy (non-hydrogen) atoms. The number of rotatable bonds is 3. The van der Waals surface area contributed by atoms with E-state index < -0.39 is 8.80 Å². The van der Waals surface area contributed by atoms with Gasteiger partial charge in [-0.3, -0.25) is 0 Å². The van der Waals surface area contributed by atoms with E-state index in [1.165, 1.54) is 37.2 Å². The van der Waals surface area contributed by atoms with E-state index in [-0.39, 0.29) is 21.7 Å². The van der Waals surface area contributed by atoms with Gasteiger partial charge in [0.1, 0.15) is 0 Å². The minimum absolute atomic E-state index is 0. The third kappa shape index (κ3) is 5.07. The van der Waals surface area contributed by atoms with Crippen LogP contribution < -0.4 is 0 Å². The number of nitrogens with zero attached hydrogens (tertiary/aromatic N) is 1. The van der Waals surface area contributed by atoms with Crippen molar-refractivity contribution in [2.75, 3.05) is 13.1 Å². The molecule has 0 bridgehead atoms. The Balaban J connectivity index is 0.000000390. The minimum atomic E-state index is -0.645. The van der Waals surface area contributed by atoms with Crippen LogP contribution in [0.2, 0.25) is 13.1 Å². The molecule has 1 unspecified atom stereocenters. The van der Waals surface area contributed by atoms with E-state index in [1.54, 1.807) is 11.6 Å². The summed E-state index contributed by atoms with van der Waals surface area (Å²) in [7, 11) is -0.645. The molecule has 1 aromatic rings. The van der Waals surface area contributed by atoms with Crippen molar-refractivity contribution in [1.29, 1.82) is 0 Å². The van der Waals surface area contributed by atoms with Gasteiger partial charge in [0.2, 0.25) is 0 Å². The van der Waals surface area contributed by atoms with Crippen LogP contribution in [0.15, 0.2) is 55.1 Å². The fraction of sp³-hybridized carbons (Fsp3) is 0.400. The Bertz CT molecular complexity index is 557. The van der Waals surface area contributed by atoms with Crippen molar-refractivity contribution in [1.82, 2.24) is 4.90 Å². The van der Waals surface area contributed by atoms with Crippen LogP contribution in [0.4, 0.5) is 0 Å². The molecule has 0 spiro atoms. The third-order valence-corrected chi connectivity index (χ3v) is 6.41. The first kappa shape index (κ1) is 20.2. The maximum Gasteiger partial charge on any atom is 2.00 e. The van der Waals surface area contributed by atoms with Crippen LogP contribution in [0.3, 0.4) is 0 Å². The Morgan fingerprint density at radius 3 is 2.35 bits per heavy atom. The van der Waals surface area contributed by atoms with Gasteiger partial charge >= 0.3 is 21.7 Å². The zero-order valence-electron chi connectivity index (χ0n) is 14.8. The average molecular weight is 359 g/mol. The van der Waals surface area contributed by atoms with Gasteiger partial charge in [-0.15, -0.1) is 0 Å². The molecule has 1 atom stereocenters. The molecule has 0 N–H and O–H groups in total. The van der Waals surface area contributed by atoms with Gasteiger partial charge in [0, 0.05) is 33.1 Å². The topological polar surface area (TPSA) is 3.24 Å². The molecule has 0 radical (unpaired) electrons. The molecule has 1 saturated heterocycles. The number of benzene rings is 1. The van der Waals surface area contributed by atoms with Gasteiger partial charge in [-0.1, -0.05) is 68.2 Å². The van der Waals surface area contributed by atoms with Gasteiger partial charge in [-0.25, -0.2) is 0 Å². The number of hydrogen-bond acceptors (Lipinski definition) is 1. The van der Waals surface area contributed by atoms with Gasteiger partial charge in [0.15, 0.2) is 0 Å². The number of allylic oxidation sites excluding steroid dienone is 4. The molecule has 0 amide bonds. The summed E-state index contributed by atoms with van der Waals surface area (Å²) in [4.78, 5) is 2.59. The fourth-order valence-electron chi connectivity index (χ4n) is 3.29. The first-order chi connectivity index (χ1) is 10.7. The predicted octanol–water partition coefficient (Wildman–Crippen LogP) is 4.99. The summed E-state index contributed by atoms with van der Waals surface area (Å²) >= 11 is 0. The van der Waals surface area contributed by atoms with Crippen molar-refractivity contribution in [2.45, 2.75) is 38.4 Å². The molecule has 2 aliphatic rings. The molecule has 1 aliphatic heterocycles. The van der Waals surface area contributed by atoms with Crippen LogP contribution in [-0.4, -0.2) is 26.8 Å². The Kier molecular flexibility index (Phi) is 8.90. The van der Waals surface area contributed by atoms with Gasteiger partial charge in [0.05, 0.1) is 0 Å². The third-order valence-electron chi connectivity index (χ3n) is 4.43. The number of hydrogen-bond donors (Lipinski definition) is 0. The van der Waals surface area contributed by atoms with Crippen LogP contribution in [-0.2, 0) is 21.7 Å². The summed E-state index contributed by atoms with van der Waals surface area (Å²) in [5.41, 5.74) is 5.39. The molecule has 1 fully saturated rings. The Morgan fingerprint density at radius 1 is 1.17 bits per heavy atom. The van der Waals surface area contributed by atoms with Crippen LogP contribution in [0.1, 0.15) is 36.4 Å². The first-order valence-electron chi connectivity index (χ1n) is 8.48. The molecule has 3 heteroatoms. The smallest absolute Gasteiger partial charge is 0.371 e. The van der Waals surface area contributed by atoms with E-state index in [9.17, 15) is 0 Å². The molecule has 1 aliphatic carbocycles. The van der Waals surface area contributed by atoms with Crippen LogP contribution in [0.5, 0.6) is 0 Å². The SMILES string of the molecule is C=CC=CC.C[SiH](C)C1C=C(N2CCCC2)c2ccccc21.[Ti+2]. The van der Waals surface area contributed by atoms with Crippen molar-refractivity contribution in [3.63, 3.8) is 0 Å². The van der Waals surface area contributed by atoms with E-state index in [4.69, 9.17) is 0 Å². The van der Waals surface area contributed by atoms with Gasteiger partial charge < -0.3 is 4.90 Å². The summed E-state index contributed by atoms with van der Waals surface area (Å²) in [5.74, 6) is 0. The minimum Gasteiger partial charge on any atom is -0.371 e. The van der Waals surface area contributed by atoms with Crippen molar-refractivity contribution in [3.8, 4) is 0 Å². The summed E-state index contributed by atoms with van der Waals surface area (Å²) in [6.45, 7) is 12.9. The van der Waals surface area contributed by atoms with Gasteiger partial charge in [0.25, 0.3) is 0 Å². The maximum absolute atomic E-state index is 3.46. The largest absolute Gasteiger partial charge is 2.00 e. The Hall–Kier alpha value is -0.829. The fourth-order valence-corrected chi connectivity index (χ4v) is 4.87.